The van der Waals surface area contributed by atoms with Gasteiger partial charge in [0.15, 0.2) is 0 Å². The molecule has 0 spiro atoms. The predicted octanol–water partition coefficient (Wildman–Crippen LogP) is 6.82. The van der Waals surface area contributed by atoms with Gasteiger partial charge in [-0.15, -0.1) is 0 Å². The van der Waals surface area contributed by atoms with Crippen LogP contribution in [-0.2, 0) is 6.61 Å². The van der Waals surface area contributed by atoms with Gasteiger partial charge in [-0.2, -0.15) is 5.10 Å². The van der Waals surface area contributed by atoms with Gasteiger partial charge in [0.05, 0.1) is 25.7 Å². The number of halogens is 3. The number of amides is 1. The average Bonchev–Trinajstić information content (AvgIpc) is 2.68. The van der Waals surface area contributed by atoms with Crippen LogP contribution in [0, 0.1) is 13.8 Å². The van der Waals surface area contributed by atoms with Gasteiger partial charge in [0, 0.05) is 0 Å². The van der Waals surface area contributed by atoms with Crippen molar-refractivity contribution < 1.29 is 9.53 Å². The molecule has 4 nitrogen and oxygen atoms in total. The molecule has 1 amide bonds. The van der Waals surface area contributed by atoms with Gasteiger partial charge in [-0.1, -0.05) is 47.5 Å². The number of hydrazone groups is 1. The van der Waals surface area contributed by atoms with Crippen molar-refractivity contribution >= 4 is 55.6 Å². The van der Waals surface area contributed by atoms with Crippen LogP contribution in [0.3, 0.4) is 0 Å². The summed E-state index contributed by atoms with van der Waals surface area (Å²) in [5.41, 5.74) is 6.94. The zero-order valence-electron chi connectivity index (χ0n) is 16.4. The summed E-state index contributed by atoms with van der Waals surface area (Å²) in [4.78, 5) is 12.2. The minimum absolute atomic E-state index is 0.368. The number of rotatable bonds is 6. The van der Waals surface area contributed by atoms with E-state index in [0.717, 1.165) is 25.6 Å². The molecular weight excluding hydrogens is 532 g/mol. The van der Waals surface area contributed by atoms with Crippen LogP contribution in [-0.4, -0.2) is 12.1 Å². The first-order valence-electron chi connectivity index (χ1n) is 9.10. The molecule has 0 aliphatic rings. The Morgan fingerprint density at radius 3 is 2.30 bits per heavy atom. The number of nitrogens with one attached hydrogen (secondary N) is 1. The second-order valence-corrected chi connectivity index (χ2v) is 8.89. The molecule has 0 aliphatic carbocycles. The molecule has 1 N–H and O–H groups in total. The lowest BCUT2D eigenvalue weighted by atomic mass is 10.1. The number of carbonyl (C=O) groups excluding carboxylic acids is 1. The zero-order valence-corrected chi connectivity index (χ0v) is 20.3. The van der Waals surface area contributed by atoms with Crippen molar-refractivity contribution in [2.45, 2.75) is 20.5 Å². The Hall–Kier alpha value is -2.15. The minimum atomic E-state index is -0.368. The molecule has 0 heterocycles. The Balaban J connectivity index is 1.65. The van der Waals surface area contributed by atoms with E-state index in [1.165, 1.54) is 5.56 Å². The van der Waals surface area contributed by atoms with Crippen molar-refractivity contribution in [1.82, 2.24) is 5.43 Å². The first kappa shape index (κ1) is 22.5. The highest BCUT2D eigenvalue weighted by Crippen LogP contribution is 2.35. The van der Waals surface area contributed by atoms with Crippen molar-refractivity contribution in [3.63, 3.8) is 0 Å². The number of ether oxygens (including phenoxy) is 1. The third kappa shape index (κ3) is 5.94. The van der Waals surface area contributed by atoms with Crippen LogP contribution in [0.25, 0.3) is 0 Å². The van der Waals surface area contributed by atoms with Crippen LogP contribution in [0.1, 0.15) is 32.6 Å². The van der Waals surface area contributed by atoms with Gasteiger partial charge in [0.1, 0.15) is 12.4 Å². The topological polar surface area (TPSA) is 50.7 Å². The zero-order chi connectivity index (χ0) is 21.7. The highest BCUT2D eigenvalue weighted by molar-refractivity contribution is 9.11. The summed E-state index contributed by atoms with van der Waals surface area (Å²) < 4.78 is 7.50. The lowest BCUT2D eigenvalue weighted by molar-refractivity contribution is 0.0955. The lowest BCUT2D eigenvalue weighted by Crippen LogP contribution is -2.18. The van der Waals surface area contributed by atoms with E-state index in [2.05, 4.69) is 61.4 Å². The number of hydrogen-bond donors (Lipinski definition) is 1. The summed E-state index contributed by atoms with van der Waals surface area (Å²) in [7, 11) is 0. The van der Waals surface area contributed by atoms with Crippen LogP contribution in [0.15, 0.2) is 68.6 Å². The Morgan fingerprint density at radius 1 is 1.03 bits per heavy atom. The number of carbonyl (C=O) groups is 1. The number of benzene rings is 3. The third-order valence-electron chi connectivity index (χ3n) is 4.27. The lowest BCUT2D eigenvalue weighted by Gasteiger charge is -2.11. The molecule has 3 aromatic carbocycles. The fraction of sp³-hybridized carbons (Fsp3) is 0.130. The Labute approximate surface area is 197 Å². The van der Waals surface area contributed by atoms with Crippen LogP contribution < -0.4 is 10.2 Å². The Bertz CT molecular complexity index is 1080. The predicted molar refractivity (Wildman–Crippen MR) is 129 cm³/mol. The van der Waals surface area contributed by atoms with Gasteiger partial charge in [-0.25, -0.2) is 5.43 Å². The highest BCUT2D eigenvalue weighted by Gasteiger charge is 2.11. The molecule has 0 saturated carbocycles. The molecule has 0 fully saturated rings. The quantitative estimate of drug-likeness (QED) is 0.270. The maximum Gasteiger partial charge on any atom is 0.272 e. The van der Waals surface area contributed by atoms with Crippen LogP contribution in [0.2, 0.25) is 5.02 Å². The molecule has 0 saturated heterocycles. The molecule has 0 aliphatic heterocycles. The second-order valence-electron chi connectivity index (χ2n) is 6.77. The molecule has 3 rings (SSSR count). The Kier molecular flexibility index (Phi) is 7.69. The van der Waals surface area contributed by atoms with E-state index in [0.29, 0.717) is 22.9 Å². The summed E-state index contributed by atoms with van der Waals surface area (Å²) in [6.45, 7) is 4.42. The van der Waals surface area contributed by atoms with Crippen molar-refractivity contribution in [3.05, 3.63) is 96.4 Å². The molecule has 30 heavy (non-hydrogen) atoms. The molecule has 0 aromatic heterocycles. The van der Waals surface area contributed by atoms with E-state index >= 15 is 0 Å². The van der Waals surface area contributed by atoms with Gasteiger partial charge >= 0.3 is 0 Å². The fourth-order valence-electron chi connectivity index (χ4n) is 2.66. The Morgan fingerprint density at radius 2 is 1.67 bits per heavy atom. The van der Waals surface area contributed by atoms with Gasteiger partial charge in [-0.3, -0.25) is 4.79 Å². The minimum Gasteiger partial charge on any atom is -0.487 e. The van der Waals surface area contributed by atoms with Crippen LogP contribution in [0.4, 0.5) is 0 Å². The summed E-state index contributed by atoms with van der Waals surface area (Å²) in [5.74, 6) is 0.329. The fourth-order valence-corrected chi connectivity index (χ4v) is 4.43. The van der Waals surface area contributed by atoms with Gasteiger partial charge in [-0.05, 0) is 86.7 Å². The smallest absolute Gasteiger partial charge is 0.272 e. The third-order valence-corrected chi connectivity index (χ3v) is 5.76. The monoisotopic (exact) mass is 548 g/mol. The highest BCUT2D eigenvalue weighted by atomic mass is 79.9. The molecule has 0 atom stereocenters. The van der Waals surface area contributed by atoms with E-state index < -0.39 is 0 Å². The molecule has 0 unspecified atom stereocenters. The maximum absolute atomic E-state index is 12.2. The van der Waals surface area contributed by atoms with E-state index in [4.69, 9.17) is 16.3 Å². The SMILES string of the molecule is Cc1ccc(COc2c(Br)cc(/C=N\NC(=O)c3ccc(C)cc3Cl)cc2Br)cc1. The number of hydrogen-bond acceptors (Lipinski definition) is 3. The van der Waals surface area contributed by atoms with Gasteiger partial charge < -0.3 is 4.74 Å². The van der Waals surface area contributed by atoms with E-state index in [1.54, 1.807) is 18.3 Å². The average molecular weight is 551 g/mol. The van der Waals surface area contributed by atoms with E-state index in [-0.39, 0.29) is 5.91 Å². The maximum atomic E-state index is 12.2. The number of nitrogens with zero attached hydrogens (tertiary/aromatic N) is 1. The van der Waals surface area contributed by atoms with Crippen molar-refractivity contribution in [3.8, 4) is 5.75 Å². The second kappa shape index (κ2) is 10.2. The number of aryl methyl sites for hydroxylation is 2. The molecule has 0 radical (unpaired) electrons. The van der Waals surface area contributed by atoms with Crippen molar-refractivity contribution in [1.29, 1.82) is 0 Å². The molecule has 0 bridgehead atoms. The summed E-state index contributed by atoms with van der Waals surface area (Å²) in [6, 6.07) is 17.2. The molecule has 7 heteroatoms. The van der Waals surface area contributed by atoms with Crippen LogP contribution >= 0.6 is 43.5 Å². The van der Waals surface area contributed by atoms with E-state index in [1.807, 2.05) is 37.3 Å². The summed E-state index contributed by atoms with van der Waals surface area (Å²) >= 11 is 13.2. The normalized spacial score (nSPS) is 11.0. The van der Waals surface area contributed by atoms with Gasteiger partial charge in [0.2, 0.25) is 0 Å². The summed E-state index contributed by atoms with van der Waals surface area (Å²) in [6.07, 6.45) is 1.55. The van der Waals surface area contributed by atoms with Crippen molar-refractivity contribution in [2.24, 2.45) is 5.10 Å². The van der Waals surface area contributed by atoms with Gasteiger partial charge in [0.25, 0.3) is 5.91 Å². The largest absolute Gasteiger partial charge is 0.487 e. The summed E-state index contributed by atoms with van der Waals surface area (Å²) in [5, 5.41) is 4.42. The first-order valence-corrected chi connectivity index (χ1v) is 11.1. The van der Waals surface area contributed by atoms with Crippen LogP contribution in [0.5, 0.6) is 5.75 Å². The van der Waals surface area contributed by atoms with Crippen molar-refractivity contribution in [2.75, 3.05) is 0 Å². The molecule has 3 aromatic rings. The first-order chi connectivity index (χ1) is 14.3. The van der Waals surface area contributed by atoms with E-state index in [9.17, 15) is 4.79 Å². The molecular formula is C23H19Br2ClN2O2. The molecule has 154 valence electrons. The standard InChI is InChI=1S/C23H19Br2ClN2O2/c1-14-3-6-16(7-4-14)13-30-22-19(24)10-17(11-20(22)25)12-27-28-23(29)18-8-5-15(2)9-21(18)26/h3-12H,13H2,1-2H3,(H,28,29)/b27-12-.